The molecule has 3 heterocycles. The monoisotopic (exact) mass is 796 g/mol. The second-order valence-corrected chi connectivity index (χ2v) is 14.8. The van der Waals surface area contributed by atoms with Crippen molar-refractivity contribution in [2.45, 2.75) is 92.0 Å². The molecule has 5 bridgehead atoms. The van der Waals surface area contributed by atoms with Crippen molar-refractivity contribution in [2.75, 3.05) is 20.8 Å². The molecule has 1 amide bonds. The molecule has 310 valence electrons. The van der Waals surface area contributed by atoms with E-state index in [-0.39, 0.29) is 35.4 Å². The van der Waals surface area contributed by atoms with E-state index in [9.17, 15) is 44.1 Å². The van der Waals surface area contributed by atoms with Crippen molar-refractivity contribution in [3.63, 3.8) is 0 Å². The van der Waals surface area contributed by atoms with Crippen molar-refractivity contribution >= 4 is 35.2 Å². The number of ether oxygens (including phenoxy) is 5. The normalized spacial score (nSPS) is 31.1. The Morgan fingerprint density at radius 2 is 1.60 bits per heavy atom. The summed E-state index contributed by atoms with van der Waals surface area (Å²) in [5.41, 5.74) is -2.36. The number of carbonyl (C=O) groups is 6. The van der Waals surface area contributed by atoms with Crippen molar-refractivity contribution in [1.29, 1.82) is 0 Å². The molecular weight excluding hydrogens is 744 g/mol. The van der Waals surface area contributed by atoms with E-state index in [2.05, 4.69) is 15.4 Å². The summed E-state index contributed by atoms with van der Waals surface area (Å²) < 4.78 is 28.0. The Balaban J connectivity index is 1.90. The van der Waals surface area contributed by atoms with Crippen LogP contribution in [0.25, 0.3) is 0 Å². The molecule has 1 aromatic carbocycles. The average molecular weight is 797 g/mol. The smallest absolute Gasteiger partial charge is 0.312 e. The Morgan fingerprint density at radius 1 is 0.930 bits per heavy atom. The number of benzene rings is 1. The molecule has 4 aliphatic rings. The van der Waals surface area contributed by atoms with E-state index in [0.717, 1.165) is 6.26 Å². The molecule has 5 N–H and O–H groups in total. The van der Waals surface area contributed by atoms with Crippen LogP contribution in [0.5, 0.6) is 11.5 Å². The van der Waals surface area contributed by atoms with Gasteiger partial charge in [0, 0.05) is 62.3 Å². The molecule has 0 saturated heterocycles. The molecule has 9 atom stereocenters. The summed E-state index contributed by atoms with van der Waals surface area (Å²) in [5, 5.41) is 39.3. The summed E-state index contributed by atoms with van der Waals surface area (Å²) in [6.07, 6.45) is 2.87. The lowest BCUT2D eigenvalue weighted by molar-refractivity contribution is -0.160. The first-order valence-corrected chi connectivity index (χ1v) is 18.6. The molecule has 0 saturated carbocycles. The molecule has 1 aliphatic carbocycles. The molecule has 5 rings (SSSR count). The Bertz CT molecular complexity index is 1950. The number of carbonyl (C=O) groups excluding carboxylic acids is 6. The lowest BCUT2D eigenvalue weighted by Crippen LogP contribution is -2.46. The molecule has 0 unspecified atom stereocenters. The molecule has 0 fully saturated rings. The second-order valence-electron chi connectivity index (χ2n) is 14.8. The number of aliphatic hydroxyl groups is 2. The van der Waals surface area contributed by atoms with Gasteiger partial charge in [0.25, 0.3) is 11.7 Å². The summed E-state index contributed by atoms with van der Waals surface area (Å²) >= 11 is 0. The number of methoxy groups -OCH3 is 2. The number of aromatic hydroxyl groups is 1. The summed E-state index contributed by atoms with van der Waals surface area (Å²) in [4.78, 5) is 80.6. The number of hydrogen-bond donors (Lipinski definition) is 5. The molecular formula is C41H52N2O14. The fraction of sp³-hybridized carbons (Fsp3) is 0.512. The van der Waals surface area contributed by atoms with Gasteiger partial charge in [-0.15, -0.1) is 0 Å². The highest BCUT2D eigenvalue weighted by Gasteiger charge is 2.52. The Morgan fingerprint density at radius 3 is 2.21 bits per heavy atom. The fourth-order valence-electron chi connectivity index (χ4n) is 7.25. The zero-order valence-electron chi connectivity index (χ0n) is 33.8. The molecule has 16 nitrogen and oxygen atoms in total. The molecule has 0 spiro atoms. The third kappa shape index (κ3) is 8.82. The van der Waals surface area contributed by atoms with Crippen LogP contribution < -0.4 is 15.4 Å². The van der Waals surface area contributed by atoms with Crippen molar-refractivity contribution in [1.82, 2.24) is 10.6 Å². The Kier molecular flexibility index (Phi) is 13.9. The number of hydrogen-bond acceptors (Lipinski definition) is 15. The standard InChI is InChI=1S/C41H52N2O14/c1-18-12-11-13-19(2)40(52)43-31-30(42-16-14-26(45)54-10)35(49)27-28(36(31)50)34(48)23(6)38-29(27)39(51)41(8,57-38)55-17-15-25(53-9)20(3)37(56-24(7)44)22(5)33(47)21(4)32(18)46/h11-13,15,17-18,20-22,25,32-33,37,42,46-48H,14,16H2,1-10H3,(H,43,52)/b12-11?,17-15-,19-13-/t18-,20+,21+,22-,25-,32-,33-,37+,41-/m0/s1. The van der Waals surface area contributed by atoms with Crippen molar-refractivity contribution in [3.05, 3.63) is 69.8 Å². The number of nitrogens with one attached hydrogen (secondary N) is 2. The van der Waals surface area contributed by atoms with Gasteiger partial charge in [0.2, 0.25) is 11.6 Å². The third-order valence-electron chi connectivity index (χ3n) is 10.8. The maximum Gasteiger partial charge on any atom is 0.312 e. The van der Waals surface area contributed by atoms with E-state index in [4.69, 9.17) is 18.9 Å². The molecule has 3 aliphatic heterocycles. The van der Waals surface area contributed by atoms with E-state index < -0.39 is 117 Å². The lowest BCUT2D eigenvalue weighted by Gasteiger charge is -2.38. The van der Waals surface area contributed by atoms with Crippen LogP contribution in [0, 0.1) is 30.6 Å². The lowest BCUT2D eigenvalue weighted by atomic mass is 9.78. The number of amides is 1. The van der Waals surface area contributed by atoms with Crippen LogP contribution in [-0.4, -0.2) is 101 Å². The molecule has 0 radical (unpaired) electrons. The van der Waals surface area contributed by atoms with E-state index in [1.807, 2.05) is 0 Å². The van der Waals surface area contributed by atoms with Crippen LogP contribution in [0.3, 0.4) is 0 Å². The van der Waals surface area contributed by atoms with Crippen LogP contribution >= 0.6 is 0 Å². The van der Waals surface area contributed by atoms with Crippen molar-refractivity contribution < 1.29 is 67.8 Å². The highest BCUT2D eigenvalue weighted by molar-refractivity contribution is 6.32. The molecule has 16 heteroatoms. The van der Waals surface area contributed by atoms with Gasteiger partial charge in [-0.1, -0.05) is 45.9 Å². The molecule has 1 aromatic rings. The van der Waals surface area contributed by atoms with Gasteiger partial charge < -0.3 is 49.6 Å². The second kappa shape index (κ2) is 17.9. The predicted octanol–water partition coefficient (Wildman–Crippen LogP) is 3.11. The highest BCUT2D eigenvalue weighted by Crippen LogP contribution is 2.48. The van der Waals surface area contributed by atoms with Crippen LogP contribution in [0.2, 0.25) is 0 Å². The van der Waals surface area contributed by atoms with Gasteiger partial charge in [-0.25, -0.2) is 0 Å². The zero-order valence-corrected chi connectivity index (χ0v) is 33.8. The van der Waals surface area contributed by atoms with E-state index in [1.165, 1.54) is 60.1 Å². The first-order valence-electron chi connectivity index (χ1n) is 18.6. The minimum Gasteiger partial charge on any atom is -0.507 e. The predicted molar refractivity (Wildman–Crippen MR) is 203 cm³/mol. The average Bonchev–Trinajstić information content (AvgIpc) is 3.44. The first-order chi connectivity index (χ1) is 26.7. The number of Topliss-reactive ketones (excluding diaryl/α,β-unsaturated/α-hetero) is 3. The van der Waals surface area contributed by atoms with Gasteiger partial charge in [0.1, 0.15) is 29.0 Å². The number of aliphatic hydroxyl groups excluding tert-OH is 2. The van der Waals surface area contributed by atoms with Crippen LogP contribution in [0.4, 0.5) is 0 Å². The van der Waals surface area contributed by atoms with Crippen LogP contribution in [0.1, 0.15) is 91.5 Å². The highest BCUT2D eigenvalue weighted by atomic mass is 16.7. The van der Waals surface area contributed by atoms with Gasteiger partial charge >= 0.3 is 17.7 Å². The SMILES string of the molecule is COC(=O)CCNC1=C2NC(=O)/C(C)=C\C=C[C@H](C)[C@H](O)[C@@H](C)[C@H](O)[C@H](C)[C@H](OC(C)=O)[C@H](C)[C@@H](OC)/C=C\O[C@@]3(C)Oc4c(C)c(O)c(c(c4C3=O)C1=O)C2=O. The maximum absolute atomic E-state index is 14.4. The minimum absolute atomic E-state index is 0.0558. The number of rotatable bonds is 6. The largest absolute Gasteiger partial charge is 0.507 e. The number of ketones is 3. The summed E-state index contributed by atoms with van der Waals surface area (Å²) in [7, 11) is 2.58. The Labute approximate surface area is 330 Å². The van der Waals surface area contributed by atoms with Crippen LogP contribution in [0.15, 0.2) is 47.5 Å². The van der Waals surface area contributed by atoms with Gasteiger partial charge in [0.15, 0.2) is 0 Å². The van der Waals surface area contributed by atoms with Crippen LogP contribution in [-0.2, 0) is 33.3 Å². The summed E-state index contributed by atoms with van der Waals surface area (Å²) in [5.74, 6) is -10.5. The summed E-state index contributed by atoms with van der Waals surface area (Å²) in [6.45, 7) is 11.9. The van der Waals surface area contributed by atoms with E-state index >= 15 is 0 Å². The minimum atomic E-state index is -2.13. The van der Waals surface area contributed by atoms with Gasteiger partial charge in [0.05, 0.1) is 54.8 Å². The van der Waals surface area contributed by atoms with Crippen molar-refractivity contribution in [2.24, 2.45) is 23.7 Å². The zero-order chi connectivity index (χ0) is 42.7. The fourth-order valence-corrected chi connectivity index (χ4v) is 7.25. The summed E-state index contributed by atoms with van der Waals surface area (Å²) in [6, 6.07) is 0. The first kappa shape index (κ1) is 44.4. The topological polar surface area (TPSA) is 233 Å². The van der Waals surface area contributed by atoms with Crippen molar-refractivity contribution in [3.8, 4) is 11.5 Å². The Hall–Kier alpha value is -5.32. The number of fused-ring (bicyclic) bond motifs is 14. The van der Waals surface area contributed by atoms with E-state index in [0.29, 0.717) is 0 Å². The quantitative estimate of drug-likeness (QED) is 0.260. The number of phenolic OH excluding ortho intramolecular Hbond substituents is 1. The number of allylic oxidation sites excluding steroid dienone is 4. The molecule has 57 heavy (non-hydrogen) atoms. The number of phenols is 1. The third-order valence-corrected chi connectivity index (χ3v) is 10.8. The van der Waals surface area contributed by atoms with Gasteiger partial charge in [-0.2, -0.15) is 0 Å². The van der Waals surface area contributed by atoms with Gasteiger partial charge in [-0.3, -0.25) is 28.8 Å². The number of esters is 2. The van der Waals surface area contributed by atoms with E-state index in [1.54, 1.807) is 33.8 Å². The van der Waals surface area contributed by atoms with Gasteiger partial charge in [-0.05, 0) is 19.9 Å². The maximum atomic E-state index is 14.4. The molecule has 0 aromatic heterocycles.